The van der Waals surface area contributed by atoms with Crippen LogP contribution in [0.25, 0.3) is 0 Å². The van der Waals surface area contributed by atoms with E-state index in [-0.39, 0.29) is 12.1 Å². The minimum absolute atomic E-state index is 0.192. The van der Waals surface area contributed by atoms with Crippen molar-refractivity contribution in [3.8, 4) is 0 Å². The Morgan fingerprint density at radius 2 is 2.50 bits per heavy atom. The van der Waals surface area contributed by atoms with Crippen molar-refractivity contribution in [2.24, 2.45) is 0 Å². The molecule has 1 aliphatic carbocycles. The molecule has 1 heterocycles. The Hall–Kier alpha value is -0.870. The Balaban J connectivity index is 1.82. The van der Waals surface area contributed by atoms with Crippen molar-refractivity contribution in [2.75, 3.05) is 0 Å². The highest BCUT2D eigenvalue weighted by Gasteiger charge is 2.24. The van der Waals surface area contributed by atoms with Crippen LogP contribution < -0.4 is 5.32 Å². The molecular weight excluding hydrogens is 180 g/mol. The number of hydrogen-bond donors (Lipinski definition) is 2. The number of nitrogens with one attached hydrogen (secondary N) is 1. The van der Waals surface area contributed by atoms with Gasteiger partial charge in [-0.05, 0) is 26.2 Å². The van der Waals surface area contributed by atoms with Crippen LogP contribution in [0.3, 0.4) is 0 Å². The van der Waals surface area contributed by atoms with Crippen LogP contribution in [0.15, 0.2) is 10.6 Å². The molecule has 4 heteroatoms. The van der Waals surface area contributed by atoms with Gasteiger partial charge in [-0.3, -0.25) is 0 Å². The van der Waals surface area contributed by atoms with Gasteiger partial charge in [-0.25, -0.2) is 0 Å². The molecule has 1 aromatic heterocycles. The quantitative estimate of drug-likeness (QED) is 0.756. The lowest BCUT2D eigenvalue weighted by Gasteiger charge is -2.14. The SMILES string of the molecule is Cc1cc(CN[C@H]2CCC[C@@H]2O)no1. The van der Waals surface area contributed by atoms with Crippen molar-refractivity contribution < 1.29 is 9.63 Å². The Bertz CT molecular complexity index is 298. The van der Waals surface area contributed by atoms with Gasteiger partial charge in [-0.15, -0.1) is 0 Å². The number of hydrogen-bond acceptors (Lipinski definition) is 4. The maximum atomic E-state index is 9.57. The molecule has 0 aromatic carbocycles. The van der Waals surface area contributed by atoms with Crippen LogP contribution in [0.5, 0.6) is 0 Å². The van der Waals surface area contributed by atoms with Gasteiger partial charge in [-0.2, -0.15) is 0 Å². The summed E-state index contributed by atoms with van der Waals surface area (Å²) in [5, 5.41) is 16.7. The van der Waals surface area contributed by atoms with Gasteiger partial charge < -0.3 is 14.9 Å². The summed E-state index contributed by atoms with van der Waals surface area (Å²) in [5.41, 5.74) is 0.904. The van der Waals surface area contributed by atoms with Gasteiger partial charge in [0.2, 0.25) is 0 Å². The largest absolute Gasteiger partial charge is 0.392 e. The zero-order chi connectivity index (χ0) is 9.97. The Morgan fingerprint density at radius 1 is 1.64 bits per heavy atom. The van der Waals surface area contributed by atoms with E-state index in [4.69, 9.17) is 4.52 Å². The van der Waals surface area contributed by atoms with Crippen LogP contribution in [0.2, 0.25) is 0 Å². The summed E-state index contributed by atoms with van der Waals surface area (Å²) in [7, 11) is 0. The minimum Gasteiger partial charge on any atom is -0.392 e. The summed E-state index contributed by atoms with van der Waals surface area (Å²) in [5.74, 6) is 0.828. The monoisotopic (exact) mass is 196 g/mol. The van der Waals surface area contributed by atoms with Gasteiger partial charge >= 0.3 is 0 Å². The van der Waals surface area contributed by atoms with E-state index in [1.165, 1.54) is 0 Å². The Labute approximate surface area is 83.3 Å². The van der Waals surface area contributed by atoms with E-state index in [0.29, 0.717) is 6.54 Å². The van der Waals surface area contributed by atoms with E-state index in [0.717, 1.165) is 30.7 Å². The lowest BCUT2D eigenvalue weighted by atomic mass is 10.2. The molecule has 0 amide bonds. The Morgan fingerprint density at radius 3 is 3.07 bits per heavy atom. The highest BCUT2D eigenvalue weighted by atomic mass is 16.5. The Kier molecular flexibility index (Phi) is 2.84. The van der Waals surface area contributed by atoms with Gasteiger partial charge in [-0.1, -0.05) is 5.16 Å². The topological polar surface area (TPSA) is 58.3 Å². The van der Waals surface area contributed by atoms with E-state index in [1.54, 1.807) is 0 Å². The second kappa shape index (κ2) is 4.11. The number of aliphatic hydroxyl groups is 1. The third-order valence-corrected chi connectivity index (χ3v) is 2.70. The summed E-state index contributed by atoms with van der Waals surface area (Å²) in [4.78, 5) is 0. The van der Waals surface area contributed by atoms with E-state index < -0.39 is 0 Å². The molecule has 0 radical (unpaired) electrons. The summed E-state index contributed by atoms with van der Waals surface area (Å²) in [6, 6.07) is 2.14. The molecule has 1 aromatic rings. The first kappa shape index (κ1) is 9.68. The molecule has 1 saturated carbocycles. The molecule has 14 heavy (non-hydrogen) atoms. The van der Waals surface area contributed by atoms with Crippen LogP contribution in [-0.4, -0.2) is 22.4 Å². The van der Waals surface area contributed by atoms with E-state index in [2.05, 4.69) is 10.5 Å². The molecule has 78 valence electrons. The zero-order valence-electron chi connectivity index (χ0n) is 8.36. The van der Waals surface area contributed by atoms with Crippen LogP contribution in [0.1, 0.15) is 30.7 Å². The van der Waals surface area contributed by atoms with E-state index in [1.807, 2.05) is 13.0 Å². The second-order valence-corrected chi connectivity index (χ2v) is 3.91. The molecule has 1 fully saturated rings. The number of nitrogens with zero attached hydrogens (tertiary/aromatic N) is 1. The minimum atomic E-state index is -0.192. The maximum absolute atomic E-state index is 9.57. The molecule has 4 nitrogen and oxygen atoms in total. The van der Waals surface area contributed by atoms with Gasteiger partial charge in [0.15, 0.2) is 0 Å². The molecule has 0 saturated heterocycles. The zero-order valence-corrected chi connectivity index (χ0v) is 8.36. The predicted molar refractivity (Wildman–Crippen MR) is 51.7 cm³/mol. The second-order valence-electron chi connectivity index (χ2n) is 3.91. The maximum Gasteiger partial charge on any atom is 0.133 e. The molecule has 0 spiro atoms. The first-order valence-electron chi connectivity index (χ1n) is 5.09. The highest BCUT2D eigenvalue weighted by Crippen LogP contribution is 2.19. The molecule has 1 aliphatic rings. The first-order valence-corrected chi connectivity index (χ1v) is 5.09. The summed E-state index contributed by atoms with van der Waals surface area (Å²) in [6.07, 6.45) is 2.88. The first-order chi connectivity index (χ1) is 6.75. The molecule has 2 atom stereocenters. The smallest absolute Gasteiger partial charge is 0.133 e. The molecule has 2 N–H and O–H groups in total. The number of aromatic nitrogens is 1. The average Bonchev–Trinajstić information content (AvgIpc) is 2.72. The van der Waals surface area contributed by atoms with Crippen LogP contribution in [0.4, 0.5) is 0 Å². The van der Waals surface area contributed by atoms with Crippen molar-refractivity contribution in [1.82, 2.24) is 10.5 Å². The summed E-state index contributed by atoms with van der Waals surface area (Å²) >= 11 is 0. The average molecular weight is 196 g/mol. The molecule has 0 bridgehead atoms. The third-order valence-electron chi connectivity index (χ3n) is 2.70. The van der Waals surface area contributed by atoms with Crippen molar-refractivity contribution in [3.05, 3.63) is 17.5 Å². The molecule has 2 rings (SSSR count). The van der Waals surface area contributed by atoms with Crippen molar-refractivity contribution >= 4 is 0 Å². The van der Waals surface area contributed by atoms with Crippen LogP contribution in [0, 0.1) is 6.92 Å². The fourth-order valence-electron chi connectivity index (χ4n) is 1.92. The number of rotatable bonds is 3. The summed E-state index contributed by atoms with van der Waals surface area (Å²) in [6.45, 7) is 2.56. The number of aryl methyl sites for hydroxylation is 1. The van der Waals surface area contributed by atoms with Crippen molar-refractivity contribution in [2.45, 2.75) is 44.9 Å². The lowest BCUT2D eigenvalue weighted by Crippen LogP contribution is -2.35. The molecule has 0 aliphatic heterocycles. The highest BCUT2D eigenvalue weighted by molar-refractivity contribution is 5.03. The van der Waals surface area contributed by atoms with Gasteiger partial charge in [0.25, 0.3) is 0 Å². The van der Waals surface area contributed by atoms with E-state index in [9.17, 15) is 5.11 Å². The molecular formula is C10H16N2O2. The van der Waals surface area contributed by atoms with Gasteiger partial charge in [0.1, 0.15) is 5.76 Å². The fourth-order valence-corrected chi connectivity index (χ4v) is 1.92. The molecule has 0 unspecified atom stereocenters. The normalized spacial score (nSPS) is 27.0. The van der Waals surface area contributed by atoms with Crippen molar-refractivity contribution in [1.29, 1.82) is 0 Å². The fraction of sp³-hybridized carbons (Fsp3) is 0.700. The van der Waals surface area contributed by atoms with Crippen LogP contribution in [-0.2, 0) is 6.54 Å². The summed E-state index contributed by atoms with van der Waals surface area (Å²) < 4.78 is 4.95. The van der Waals surface area contributed by atoms with Gasteiger partial charge in [0, 0.05) is 18.7 Å². The van der Waals surface area contributed by atoms with Gasteiger partial charge in [0.05, 0.1) is 11.8 Å². The van der Waals surface area contributed by atoms with E-state index >= 15 is 0 Å². The standard InChI is InChI=1S/C10H16N2O2/c1-7-5-8(12-14-7)6-11-9-3-2-4-10(9)13/h5,9-11,13H,2-4,6H2,1H3/t9-,10-/m0/s1. The number of aliphatic hydroxyl groups excluding tert-OH is 1. The van der Waals surface area contributed by atoms with Crippen molar-refractivity contribution in [3.63, 3.8) is 0 Å². The van der Waals surface area contributed by atoms with Crippen LogP contribution >= 0.6 is 0 Å². The third kappa shape index (κ3) is 2.13. The lowest BCUT2D eigenvalue weighted by molar-refractivity contribution is 0.148. The predicted octanol–water partition coefficient (Wildman–Crippen LogP) is 0.986.